The number of rotatable bonds is 9. The predicted molar refractivity (Wildman–Crippen MR) is 152 cm³/mol. The number of nitriles is 1. The van der Waals surface area contributed by atoms with Gasteiger partial charge >= 0.3 is 0 Å². The predicted octanol–water partition coefficient (Wildman–Crippen LogP) is 6.04. The highest BCUT2D eigenvalue weighted by Crippen LogP contribution is 2.37. The van der Waals surface area contributed by atoms with Crippen molar-refractivity contribution < 1.29 is 5.76 Å². The van der Waals surface area contributed by atoms with Gasteiger partial charge in [0.1, 0.15) is 11.9 Å². The van der Waals surface area contributed by atoms with Crippen molar-refractivity contribution in [2.45, 2.75) is 31.3 Å². The van der Waals surface area contributed by atoms with Crippen molar-refractivity contribution >= 4 is 33.7 Å². The van der Waals surface area contributed by atoms with E-state index < -0.39 is 6.02 Å². The second-order valence-electron chi connectivity index (χ2n) is 9.62. The zero-order chi connectivity index (χ0) is 27.7. The van der Waals surface area contributed by atoms with Crippen LogP contribution in [0.3, 0.4) is 0 Å². The summed E-state index contributed by atoms with van der Waals surface area (Å²) in [4.78, 5) is 4.17. The number of halogens is 2. The Bertz CT molecular complexity index is 1620. The van der Waals surface area contributed by atoms with Gasteiger partial charge in [-0.2, -0.15) is 5.26 Å². The molecule has 1 fully saturated rings. The van der Waals surface area contributed by atoms with Crippen molar-refractivity contribution in [3.63, 3.8) is 0 Å². The number of nitrogens with zero attached hydrogens (tertiary/aromatic N) is 3. The molecule has 1 saturated carbocycles. The number of fused-ring (bicyclic) bond motifs is 1. The first-order valence-corrected chi connectivity index (χ1v) is 13.2. The third kappa shape index (κ3) is 5.46. The maximum atomic E-state index is 13.8. The Morgan fingerprint density at radius 2 is 2.03 bits per heavy atom. The van der Waals surface area contributed by atoms with Crippen LogP contribution in [0, 0.1) is 17.1 Å². The van der Waals surface area contributed by atoms with Crippen LogP contribution in [-0.2, 0) is 6.42 Å². The molecule has 1 aromatic heterocycles. The third-order valence-corrected chi connectivity index (χ3v) is 7.16. The molecule has 4 aromatic rings. The quantitative estimate of drug-likeness (QED) is 0.206. The molecule has 1 aliphatic heterocycles. The molecule has 2 heterocycles. The highest BCUT2D eigenvalue weighted by Gasteiger charge is 2.32. The van der Waals surface area contributed by atoms with Gasteiger partial charge in [0.25, 0.3) is 0 Å². The van der Waals surface area contributed by atoms with E-state index in [1.54, 1.807) is 30.5 Å². The summed E-state index contributed by atoms with van der Waals surface area (Å²) in [6.45, 7) is 0.589. The fourth-order valence-electron chi connectivity index (χ4n) is 4.68. The van der Waals surface area contributed by atoms with Gasteiger partial charge in [0.05, 0.1) is 29.4 Å². The van der Waals surface area contributed by atoms with Gasteiger partial charge in [-0.1, -0.05) is 35.9 Å². The van der Waals surface area contributed by atoms with E-state index in [9.17, 15) is 11.0 Å². The Kier molecular flexibility index (Phi) is 6.59. The smallest absolute Gasteiger partial charge is 0.123 e. The second-order valence-corrected chi connectivity index (χ2v) is 10.0. The Morgan fingerprint density at radius 1 is 1.18 bits per heavy atom. The molecular formula is C30H27ClFN7. The van der Waals surface area contributed by atoms with Crippen molar-refractivity contribution in [3.05, 3.63) is 112 Å². The Morgan fingerprint density at radius 3 is 2.77 bits per heavy atom. The topological polar surface area (TPSA) is 88.0 Å². The summed E-state index contributed by atoms with van der Waals surface area (Å²) in [5, 5.41) is 20.6. The van der Waals surface area contributed by atoms with Crippen LogP contribution in [0.5, 0.6) is 0 Å². The molecule has 0 bridgehead atoms. The maximum Gasteiger partial charge on any atom is 0.123 e. The van der Waals surface area contributed by atoms with Crippen LogP contribution in [0.4, 0.5) is 15.8 Å². The zero-order valence-electron chi connectivity index (χ0n) is 22.0. The number of pyridine rings is 1. The molecular weight excluding hydrogens is 513 g/mol. The van der Waals surface area contributed by atoms with Crippen LogP contribution in [0.15, 0.2) is 85.0 Å². The first-order chi connectivity index (χ1) is 19.4. The van der Waals surface area contributed by atoms with Gasteiger partial charge in [0.15, 0.2) is 0 Å². The lowest BCUT2D eigenvalue weighted by Gasteiger charge is -2.22. The van der Waals surface area contributed by atoms with Crippen molar-refractivity contribution in [1.82, 2.24) is 21.0 Å². The summed E-state index contributed by atoms with van der Waals surface area (Å²) in [6, 6.07) is 18.2. The van der Waals surface area contributed by atoms with E-state index in [-0.39, 0.29) is 5.82 Å². The van der Waals surface area contributed by atoms with Gasteiger partial charge in [0, 0.05) is 47.6 Å². The highest BCUT2D eigenvalue weighted by molar-refractivity contribution is 6.36. The average Bonchev–Trinajstić information content (AvgIpc) is 3.69. The monoisotopic (exact) mass is 540 g/mol. The standard InChI is InChI=1S/C30H27ClFN7/c31-27-15-23(36-30(20-3-6-22(32)7-4-20)28-18-39(38-37-28)24-8-9-24)14-26-25(27)10-5-21(16-33)29(26)35-13-11-19-2-1-12-34-17-19/h1-7,10,12,14-15,17-18,24,30,35-38H,8-9,11,13H2/i30D. The minimum atomic E-state index is -1.50. The molecule has 0 amide bonds. The van der Waals surface area contributed by atoms with Crippen molar-refractivity contribution in [3.8, 4) is 6.07 Å². The summed E-state index contributed by atoms with van der Waals surface area (Å²) < 4.78 is 23.4. The third-order valence-electron chi connectivity index (χ3n) is 6.84. The van der Waals surface area contributed by atoms with E-state index in [0.29, 0.717) is 45.8 Å². The number of anilines is 2. The maximum absolute atomic E-state index is 13.8. The van der Waals surface area contributed by atoms with Crippen LogP contribution in [0.25, 0.3) is 10.8 Å². The number of hydrogen-bond acceptors (Lipinski definition) is 7. The van der Waals surface area contributed by atoms with Crippen LogP contribution < -0.4 is 21.6 Å². The zero-order valence-corrected chi connectivity index (χ0v) is 21.8. The van der Waals surface area contributed by atoms with Gasteiger partial charge in [-0.25, -0.2) is 4.39 Å². The molecule has 196 valence electrons. The summed E-state index contributed by atoms with van der Waals surface area (Å²) >= 11 is 6.77. The Labute approximate surface area is 232 Å². The van der Waals surface area contributed by atoms with Crippen molar-refractivity contribution in [2.24, 2.45) is 0 Å². The first kappa shape index (κ1) is 23.8. The van der Waals surface area contributed by atoms with Gasteiger partial charge in [0.2, 0.25) is 0 Å². The lowest BCUT2D eigenvalue weighted by Crippen LogP contribution is -2.38. The summed E-state index contributed by atoms with van der Waals surface area (Å²) in [7, 11) is 0. The number of nitrogens with one attached hydrogen (secondary N) is 4. The summed E-state index contributed by atoms with van der Waals surface area (Å²) in [5.41, 5.74) is 10.2. The van der Waals surface area contributed by atoms with Crippen LogP contribution in [0.1, 0.15) is 36.9 Å². The second kappa shape index (κ2) is 10.8. The number of hydrogen-bond donors (Lipinski definition) is 4. The van der Waals surface area contributed by atoms with Gasteiger partial charge in [-0.05, 0) is 66.8 Å². The molecule has 6 rings (SSSR count). The fraction of sp³-hybridized carbons (Fsp3) is 0.200. The minimum Gasteiger partial charge on any atom is -0.383 e. The van der Waals surface area contributed by atoms with Crippen molar-refractivity contribution in [1.29, 1.82) is 5.26 Å². The van der Waals surface area contributed by atoms with E-state index in [0.717, 1.165) is 35.6 Å². The van der Waals surface area contributed by atoms with E-state index >= 15 is 0 Å². The molecule has 1 unspecified atom stereocenters. The average molecular weight is 541 g/mol. The minimum absolute atomic E-state index is 0.377. The molecule has 1 atom stereocenters. The SMILES string of the molecule is [2H]C(Nc1cc(Cl)c2ccc(C#N)c(NCCc3cccnc3)c2c1)(C1=CN(C2CC2)NN1)c1ccc(F)cc1. The lowest BCUT2D eigenvalue weighted by atomic mass is 10.0. The lowest BCUT2D eigenvalue weighted by molar-refractivity contribution is 0.260. The number of benzene rings is 3. The van der Waals surface area contributed by atoms with Crippen LogP contribution >= 0.6 is 11.6 Å². The molecule has 39 heavy (non-hydrogen) atoms. The Hall–Kier alpha value is -4.32. The molecule has 1 aliphatic carbocycles. The molecule has 3 aromatic carbocycles. The van der Waals surface area contributed by atoms with E-state index in [1.807, 2.05) is 41.7 Å². The molecule has 4 N–H and O–H groups in total. The summed E-state index contributed by atoms with van der Waals surface area (Å²) in [6.07, 6.45) is 8.31. The molecule has 2 aliphatic rings. The molecule has 0 radical (unpaired) electrons. The molecule has 9 heteroatoms. The van der Waals surface area contributed by atoms with Gasteiger partial charge in [-0.3, -0.25) is 9.99 Å². The van der Waals surface area contributed by atoms with Crippen LogP contribution in [-0.4, -0.2) is 22.6 Å². The van der Waals surface area contributed by atoms with E-state index in [4.69, 9.17) is 11.6 Å². The highest BCUT2D eigenvalue weighted by atomic mass is 35.5. The largest absolute Gasteiger partial charge is 0.383 e. The van der Waals surface area contributed by atoms with Crippen molar-refractivity contribution in [2.75, 3.05) is 17.2 Å². The van der Waals surface area contributed by atoms with E-state index in [1.165, 1.54) is 12.1 Å². The summed E-state index contributed by atoms with van der Waals surface area (Å²) in [5.74, 6) is -0.378. The van der Waals surface area contributed by atoms with Gasteiger partial charge in [-0.15, -0.1) is 5.53 Å². The Balaban J connectivity index is 1.38. The molecule has 0 saturated heterocycles. The number of hydrazine groups is 2. The normalized spacial score (nSPS) is 16.6. The van der Waals surface area contributed by atoms with Gasteiger partial charge < -0.3 is 16.1 Å². The van der Waals surface area contributed by atoms with E-state index in [2.05, 4.69) is 32.6 Å². The fourth-order valence-corrected chi connectivity index (χ4v) is 4.97. The molecule has 7 nitrogen and oxygen atoms in total. The first-order valence-electron chi connectivity index (χ1n) is 13.3. The van der Waals surface area contributed by atoms with Crippen LogP contribution in [0.2, 0.25) is 5.02 Å². The molecule has 0 spiro atoms. The number of aromatic nitrogens is 1.